The Hall–Kier alpha value is -1.76. The molecular formula is C14H10FIN2O. The Balaban J connectivity index is 2.06. The summed E-state index contributed by atoms with van der Waals surface area (Å²) in [7, 11) is 0. The zero-order valence-corrected chi connectivity index (χ0v) is 12.0. The summed E-state index contributed by atoms with van der Waals surface area (Å²) in [5, 5.41) is 3.82. The fraction of sp³-hybridized carbons (Fsp3) is 0. The van der Waals surface area contributed by atoms with Crippen molar-refractivity contribution in [2.75, 3.05) is 0 Å². The van der Waals surface area contributed by atoms with Crippen LogP contribution in [0.1, 0.15) is 15.9 Å². The minimum absolute atomic E-state index is 0.0255. The predicted molar refractivity (Wildman–Crippen MR) is 80.6 cm³/mol. The first-order chi connectivity index (χ1) is 9.18. The van der Waals surface area contributed by atoms with Crippen molar-refractivity contribution >= 4 is 34.7 Å². The minimum Gasteiger partial charge on any atom is -0.267 e. The number of hydrogen-bond donors (Lipinski definition) is 1. The van der Waals surface area contributed by atoms with E-state index in [0.29, 0.717) is 0 Å². The SMILES string of the molecule is O=C(N/N=C\c1ccccc1I)c1ccccc1F. The fourth-order valence-electron chi connectivity index (χ4n) is 1.45. The zero-order chi connectivity index (χ0) is 13.7. The smallest absolute Gasteiger partial charge is 0.267 e. The van der Waals surface area contributed by atoms with Crippen LogP contribution in [0, 0.1) is 9.39 Å². The van der Waals surface area contributed by atoms with Gasteiger partial charge >= 0.3 is 0 Å². The average molecular weight is 368 g/mol. The quantitative estimate of drug-likeness (QED) is 0.505. The number of rotatable bonds is 3. The second-order valence-corrected chi connectivity index (χ2v) is 4.86. The third kappa shape index (κ3) is 3.60. The highest BCUT2D eigenvalue weighted by atomic mass is 127. The molecule has 0 saturated heterocycles. The van der Waals surface area contributed by atoms with Crippen molar-refractivity contribution < 1.29 is 9.18 Å². The lowest BCUT2D eigenvalue weighted by Gasteiger charge is -2.01. The van der Waals surface area contributed by atoms with E-state index in [1.54, 1.807) is 6.07 Å². The molecule has 0 bridgehead atoms. The van der Waals surface area contributed by atoms with Crippen molar-refractivity contribution in [1.29, 1.82) is 0 Å². The van der Waals surface area contributed by atoms with Crippen molar-refractivity contribution in [2.24, 2.45) is 5.10 Å². The van der Waals surface area contributed by atoms with Crippen LogP contribution < -0.4 is 5.43 Å². The Morgan fingerprint density at radius 2 is 1.84 bits per heavy atom. The molecule has 0 radical (unpaired) electrons. The standard InChI is InChI=1S/C14H10FIN2O/c15-12-7-3-2-6-11(12)14(19)18-17-9-10-5-1-4-8-13(10)16/h1-9H,(H,18,19)/b17-9-. The summed E-state index contributed by atoms with van der Waals surface area (Å²) in [5.74, 6) is -1.13. The number of nitrogens with one attached hydrogen (secondary N) is 1. The normalized spacial score (nSPS) is 10.6. The molecule has 19 heavy (non-hydrogen) atoms. The molecule has 3 nitrogen and oxygen atoms in total. The molecule has 0 aliphatic rings. The fourth-order valence-corrected chi connectivity index (χ4v) is 1.97. The van der Waals surface area contributed by atoms with E-state index in [4.69, 9.17) is 0 Å². The Morgan fingerprint density at radius 3 is 2.58 bits per heavy atom. The largest absolute Gasteiger partial charge is 0.274 e. The summed E-state index contributed by atoms with van der Waals surface area (Å²) < 4.78 is 14.4. The van der Waals surface area contributed by atoms with Crippen molar-refractivity contribution in [3.63, 3.8) is 0 Å². The van der Waals surface area contributed by atoms with Crippen LogP contribution >= 0.6 is 22.6 Å². The first-order valence-electron chi connectivity index (χ1n) is 5.51. The van der Waals surface area contributed by atoms with Gasteiger partial charge in [-0.2, -0.15) is 5.10 Å². The number of benzene rings is 2. The number of amides is 1. The van der Waals surface area contributed by atoms with E-state index in [2.05, 4.69) is 33.1 Å². The maximum atomic E-state index is 13.3. The van der Waals surface area contributed by atoms with E-state index in [1.165, 1.54) is 24.4 Å². The Morgan fingerprint density at radius 1 is 1.16 bits per heavy atom. The highest BCUT2D eigenvalue weighted by Gasteiger charge is 2.09. The highest BCUT2D eigenvalue weighted by molar-refractivity contribution is 14.1. The van der Waals surface area contributed by atoms with Gasteiger partial charge in [0.05, 0.1) is 11.8 Å². The van der Waals surface area contributed by atoms with Crippen LogP contribution in [-0.4, -0.2) is 12.1 Å². The zero-order valence-electron chi connectivity index (χ0n) is 9.81. The first-order valence-corrected chi connectivity index (χ1v) is 6.59. The lowest BCUT2D eigenvalue weighted by molar-refractivity contribution is 0.0951. The van der Waals surface area contributed by atoms with E-state index in [9.17, 15) is 9.18 Å². The molecular weight excluding hydrogens is 358 g/mol. The molecule has 0 aromatic heterocycles. The predicted octanol–water partition coefficient (Wildman–Crippen LogP) is 3.19. The Bertz CT molecular complexity index is 628. The van der Waals surface area contributed by atoms with E-state index in [0.717, 1.165) is 9.13 Å². The highest BCUT2D eigenvalue weighted by Crippen LogP contribution is 2.09. The summed E-state index contributed by atoms with van der Waals surface area (Å²) in [5.41, 5.74) is 3.16. The molecule has 0 spiro atoms. The summed E-state index contributed by atoms with van der Waals surface area (Å²) in [6, 6.07) is 13.4. The van der Waals surface area contributed by atoms with E-state index >= 15 is 0 Å². The summed E-state index contributed by atoms with van der Waals surface area (Å²) in [6.45, 7) is 0. The van der Waals surface area contributed by atoms with Crippen LogP contribution in [0.3, 0.4) is 0 Å². The van der Waals surface area contributed by atoms with Gasteiger partial charge in [-0.1, -0.05) is 30.3 Å². The molecule has 0 fully saturated rings. The van der Waals surface area contributed by atoms with Gasteiger partial charge < -0.3 is 0 Å². The van der Waals surface area contributed by atoms with Crippen LogP contribution in [0.25, 0.3) is 0 Å². The molecule has 0 saturated carbocycles. The average Bonchev–Trinajstić information content (AvgIpc) is 2.41. The van der Waals surface area contributed by atoms with Crippen molar-refractivity contribution in [3.8, 4) is 0 Å². The van der Waals surface area contributed by atoms with Crippen molar-refractivity contribution in [1.82, 2.24) is 5.43 Å². The van der Waals surface area contributed by atoms with Gasteiger partial charge in [0.15, 0.2) is 0 Å². The van der Waals surface area contributed by atoms with Gasteiger partial charge in [-0.15, -0.1) is 0 Å². The van der Waals surface area contributed by atoms with Crippen LogP contribution in [0.4, 0.5) is 4.39 Å². The molecule has 0 aliphatic carbocycles. The first kappa shape index (κ1) is 13.7. The van der Waals surface area contributed by atoms with Gasteiger partial charge in [0.25, 0.3) is 5.91 Å². The van der Waals surface area contributed by atoms with Gasteiger partial charge in [-0.25, -0.2) is 9.82 Å². The summed E-state index contributed by atoms with van der Waals surface area (Å²) in [6.07, 6.45) is 1.53. The molecule has 5 heteroatoms. The molecule has 2 aromatic carbocycles. The lowest BCUT2D eigenvalue weighted by Crippen LogP contribution is -2.19. The van der Waals surface area contributed by atoms with Crippen molar-refractivity contribution in [3.05, 3.63) is 69.0 Å². The third-order valence-electron chi connectivity index (χ3n) is 2.39. The van der Waals surface area contributed by atoms with Gasteiger partial charge in [0.2, 0.25) is 0 Å². The van der Waals surface area contributed by atoms with E-state index in [-0.39, 0.29) is 5.56 Å². The maximum absolute atomic E-state index is 13.3. The number of nitrogens with zero attached hydrogens (tertiary/aromatic N) is 1. The minimum atomic E-state index is -0.569. The van der Waals surface area contributed by atoms with Crippen LogP contribution in [-0.2, 0) is 0 Å². The lowest BCUT2D eigenvalue weighted by atomic mass is 10.2. The van der Waals surface area contributed by atoms with Gasteiger partial charge in [-0.05, 0) is 40.8 Å². The molecule has 2 rings (SSSR count). The maximum Gasteiger partial charge on any atom is 0.274 e. The van der Waals surface area contributed by atoms with Crippen LogP contribution in [0.2, 0.25) is 0 Å². The molecule has 0 unspecified atom stereocenters. The van der Waals surface area contributed by atoms with E-state index < -0.39 is 11.7 Å². The van der Waals surface area contributed by atoms with Gasteiger partial charge in [0.1, 0.15) is 5.82 Å². The molecule has 0 aliphatic heterocycles. The Labute approximate surface area is 123 Å². The van der Waals surface area contributed by atoms with Crippen LogP contribution in [0.5, 0.6) is 0 Å². The number of carbonyl (C=O) groups excluding carboxylic acids is 1. The Kier molecular flexibility index (Phi) is 4.62. The molecule has 1 amide bonds. The number of halogens is 2. The van der Waals surface area contributed by atoms with Gasteiger partial charge in [0, 0.05) is 9.13 Å². The van der Waals surface area contributed by atoms with Crippen LogP contribution in [0.15, 0.2) is 53.6 Å². The van der Waals surface area contributed by atoms with Gasteiger partial charge in [-0.3, -0.25) is 4.79 Å². The third-order valence-corrected chi connectivity index (χ3v) is 3.38. The molecule has 0 atom stereocenters. The molecule has 1 N–H and O–H groups in total. The van der Waals surface area contributed by atoms with E-state index in [1.807, 2.05) is 24.3 Å². The number of hydrogen-bond acceptors (Lipinski definition) is 2. The molecule has 0 heterocycles. The second kappa shape index (κ2) is 6.42. The molecule has 96 valence electrons. The number of carbonyl (C=O) groups is 1. The topological polar surface area (TPSA) is 41.5 Å². The number of hydrazone groups is 1. The molecule has 2 aromatic rings. The second-order valence-electron chi connectivity index (χ2n) is 3.70. The summed E-state index contributed by atoms with van der Waals surface area (Å²) >= 11 is 2.17. The summed E-state index contributed by atoms with van der Waals surface area (Å²) in [4.78, 5) is 11.7. The van der Waals surface area contributed by atoms with Crippen molar-refractivity contribution in [2.45, 2.75) is 0 Å². The monoisotopic (exact) mass is 368 g/mol.